The molecule has 0 saturated carbocycles. The minimum absolute atomic E-state index is 0.682. The highest BCUT2D eigenvalue weighted by molar-refractivity contribution is 6.33. The zero-order chi connectivity index (χ0) is 14.0. The lowest BCUT2D eigenvalue weighted by molar-refractivity contribution is 1.04. The molecule has 0 aliphatic heterocycles. The minimum atomic E-state index is 0.682. The lowest BCUT2D eigenvalue weighted by Gasteiger charge is -2.13. The molecular weight excluding hydrogens is 260 g/mol. The second-order valence-corrected chi connectivity index (χ2v) is 4.86. The lowest BCUT2D eigenvalue weighted by Crippen LogP contribution is -2.05. The fourth-order valence-corrected chi connectivity index (χ4v) is 2.12. The van der Waals surface area contributed by atoms with Crippen LogP contribution in [-0.4, -0.2) is 17.0 Å². The van der Waals surface area contributed by atoms with Crippen LogP contribution in [0.5, 0.6) is 0 Å². The first-order chi connectivity index (χ1) is 9.01. The molecule has 0 amide bonds. The highest BCUT2D eigenvalue weighted by Crippen LogP contribution is 2.28. The Kier molecular flexibility index (Phi) is 3.90. The first-order valence-corrected chi connectivity index (χ1v) is 6.45. The highest BCUT2D eigenvalue weighted by Gasteiger charge is 2.09. The monoisotopic (exact) mass is 276 g/mol. The summed E-state index contributed by atoms with van der Waals surface area (Å²) in [5.41, 5.74) is 2.93. The van der Waals surface area contributed by atoms with E-state index in [1.165, 1.54) is 0 Å². The van der Waals surface area contributed by atoms with Gasteiger partial charge in [0.1, 0.15) is 17.5 Å². The molecule has 0 saturated heterocycles. The van der Waals surface area contributed by atoms with Gasteiger partial charge in [-0.2, -0.15) is 0 Å². The smallest absolute Gasteiger partial charge is 0.139 e. The zero-order valence-corrected chi connectivity index (χ0v) is 12.3. The van der Waals surface area contributed by atoms with E-state index in [4.69, 9.17) is 11.6 Å². The van der Waals surface area contributed by atoms with Crippen LogP contribution in [0.4, 0.5) is 17.3 Å². The van der Waals surface area contributed by atoms with Gasteiger partial charge in [-0.3, -0.25) is 0 Å². The van der Waals surface area contributed by atoms with Crippen LogP contribution in [-0.2, 0) is 0 Å². The molecule has 5 heteroatoms. The quantitative estimate of drug-likeness (QED) is 0.894. The summed E-state index contributed by atoms with van der Waals surface area (Å²) < 4.78 is 0. The predicted molar refractivity (Wildman–Crippen MR) is 80.5 cm³/mol. The summed E-state index contributed by atoms with van der Waals surface area (Å²) in [6, 6.07) is 5.89. The molecule has 0 spiro atoms. The Balaban J connectivity index is 2.40. The van der Waals surface area contributed by atoms with E-state index in [0.29, 0.717) is 10.8 Å². The van der Waals surface area contributed by atoms with Gasteiger partial charge >= 0.3 is 0 Å². The molecule has 19 heavy (non-hydrogen) atoms. The molecule has 4 nitrogen and oxygen atoms in total. The molecule has 0 aliphatic carbocycles. The summed E-state index contributed by atoms with van der Waals surface area (Å²) in [5.74, 6) is 2.29. The molecule has 0 aliphatic rings. The third kappa shape index (κ3) is 2.96. The molecule has 1 aromatic carbocycles. The van der Waals surface area contributed by atoms with Crippen molar-refractivity contribution in [1.29, 1.82) is 0 Å². The number of halogens is 1. The zero-order valence-electron chi connectivity index (χ0n) is 11.5. The Hall–Kier alpha value is -1.81. The fourth-order valence-electron chi connectivity index (χ4n) is 1.84. The molecule has 1 heterocycles. The van der Waals surface area contributed by atoms with E-state index in [0.717, 1.165) is 28.5 Å². The van der Waals surface area contributed by atoms with Gasteiger partial charge in [0.05, 0.1) is 10.7 Å². The van der Waals surface area contributed by atoms with Gasteiger partial charge in [0.2, 0.25) is 0 Å². The van der Waals surface area contributed by atoms with Gasteiger partial charge in [-0.15, -0.1) is 0 Å². The van der Waals surface area contributed by atoms with Crippen molar-refractivity contribution in [1.82, 2.24) is 9.97 Å². The number of hydrogen-bond acceptors (Lipinski definition) is 4. The van der Waals surface area contributed by atoms with E-state index in [-0.39, 0.29) is 0 Å². The van der Waals surface area contributed by atoms with E-state index < -0.39 is 0 Å². The molecule has 0 atom stereocenters. The molecule has 0 unspecified atom stereocenters. The van der Waals surface area contributed by atoms with Crippen LogP contribution in [0.3, 0.4) is 0 Å². The third-order valence-electron chi connectivity index (χ3n) is 2.87. The summed E-state index contributed by atoms with van der Waals surface area (Å²) in [4.78, 5) is 8.75. The first kappa shape index (κ1) is 13.6. The standard InChI is InChI=1S/C14H17ClN4/c1-8-5-6-12(11(15)7-8)19-14-9(2)13(16-4)17-10(3)18-14/h5-7H,1-4H3,(H2,16,17,18,19). The normalized spacial score (nSPS) is 10.4. The van der Waals surface area contributed by atoms with Gasteiger partial charge in [0, 0.05) is 12.6 Å². The first-order valence-electron chi connectivity index (χ1n) is 6.07. The number of hydrogen-bond donors (Lipinski definition) is 2. The minimum Gasteiger partial charge on any atom is -0.373 e. The van der Waals surface area contributed by atoms with Crippen molar-refractivity contribution in [3.8, 4) is 0 Å². The number of benzene rings is 1. The van der Waals surface area contributed by atoms with Gasteiger partial charge in [-0.05, 0) is 38.5 Å². The maximum Gasteiger partial charge on any atom is 0.139 e. The highest BCUT2D eigenvalue weighted by atomic mass is 35.5. The molecule has 0 radical (unpaired) electrons. The van der Waals surface area contributed by atoms with E-state index in [1.54, 1.807) is 0 Å². The summed E-state index contributed by atoms with van der Waals surface area (Å²) in [6.45, 7) is 5.84. The second-order valence-electron chi connectivity index (χ2n) is 4.45. The van der Waals surface area contributed by atoms with Crippen molar-refractivity contribution in [3.63, 3.8) is 0 Å². The van der Waals surface area contributed by atoms with Gasteiger partial charge in [0.15, 0.2) is 0 Å². The summed E-state index contributed by atoms with van der Waals surface area (Å²) in [6.07, 6.45) is 0. The van der Waals surface area contributed by atoms with Crippen LogP contribution in [0.25, 0.3) is 0 Å². The largest absolute Gasteiger partial charge is 0.373 e. The molecule has 2 N–H and O–H groups in total. The van der Waals surface area contributed by atoms with Crippen LogP contribution in [0.1, 0.15) is 17.0 Å². The number of anilines is 3. The molecule has 0 fully saturated rings. The van der Waals surface area contributed by atoms with E-state index in [2.05, 4.69) is 20.6 Å². The van der Waals surface area contributed by atoms with Crippen LogP contribution >= 0.6 is 11.6 Å². The number of rotatable bonds is 3. The maximum atomic E-state index is 6.22. The van der Waals surface area contributed by atoms with Crippen molar-refractivity contribution in [2.24, 2.45) is 0 Å². The molecule has 1 aromatic heterocycles. The fraction of sp³-hybridized carbons (Fsp3) is 0.286. The Morgan fingerprint density at radius 2 is 1.74 bits per heavy atom. The average molecular weight is 277 g/mol. The number of nitrogens with zero attached hydrogens (tertiary/aromatic N) is 2. The van der Waals surface area contributed by atoms with Crippen LogP contribution in [0.15, 0.2) is 18.2 Å². The molecular formula is C14H17ClN4. The number of aryl methyl sites for hydroxylation is 2. The van der Waals surface area contributed by atoms with E-state index in [9.17, 15) is 0 Å². The summed E-state index contributed by atoms with van der Waals surface area (Å²) >= 11 is 6.22. The van der Waals surface area contributed by atoms with Gasteiger partial charge < -0.3 is 10.6 Å². The van der Waals surface area contributed by atoms with Crippen LogP contribution in [0.2, 0.25) is 5.02 Å². The summed E-state index contributed by atoms with van der Waals surface area (Å²) in [5, 5.41) is 7.00. The SMILES string of the molecule is CNc1nc(C)nc(Nc2ccc(C)cc2Cl)c1C. The lowest BCUT2D eigenvalue weighted by atomic mass is 10.2. The molecule has 100 valence electrons. The summed E-state index contributed by atoms with van der Waals surface area (Å²) in [7, 11) is 1.84. The Morgan fingerprint density at radius 3 is 2.37 bits per heavy atom. The van der Waals surface area contributed by atoms with Crippen molar-refractivity contribution in [2.75, 3.05) is 17.7 Å². The van der Waals surface area contributed by atoms with E-state index >= 15 is 0 Å². The molecule has 2 rings (SSSR count). The van der Waals surface area contributed by atoms with Crippen molar-refractivity contribution < 1.29 is 0 Å². The van der Waals surface area contributed by atoms with Crippen LogP contribution < -0.4 is 10.6 Å². The van der Waals surface area contributed by atoms with Crippen molar-refractivity contribution in [3.05, 3.63) is 40.2 Å². The van der Waals surface area contributed by atoms with Gasteiger partial charge in [-0.1, -0.05) is 17.7 Å². The predicted octanol–water partition coefficient (Wildman–Crippen LogP) is 3.84. The van der Waals surface area contributed by atoms with Gasteiger partial charge in [0.25, 0.3) is 0 Å². The molecule has 2 aromatic rings. The van der Waals surface area contributed by atoms with Crippen molar-refractivity contribution in [2.45, 2.75) is 20.8 Å². The maximum absolute atomic E-state index is 6.22. The van der Waals surface area contributed by atoms with E-state index in [1.807, 2.05) is 46.0 Å². The molecule has 0 bridgehead atoms. The Bertz CT molecular complexity index is 611. The number of aromatic nitrogens is 2. The van der Waals surface area contributed by atoms with Crippen molar-refractivity contribution >= 4 is 28.9 Å². The Morgan fingerprint density at radius 1 is 1.05 bits per heavy atom. The third-order valence-corrected chi connectivity index (χ3v) is 3.18. The topological polar surface area (TPSA) is 49.8 Å². The van der Waals surface area contributed by atoms with Crippen LogP contribution in [0, 0.1) is 20.8 Å². The second kappa shape index (κ2) is 5.45. The number of nitrogens with one attached hydrogen (secondary N) is 2. The Labute approximate surface area is 118 Å². The van der Waals surface area contributed by atoms with Gasteiger partial charge in [-0.25, -0.2) is 9.97 Å². The average Bonchev–Trinajstić information content (AvgIpc) is 2.36.